The molecule has 5 nitrogen and oxygen atoms in total. The van der Waals surface area contributed by atoms with E-state index in [1.807, 2.05) is 24.3 Å². The summed E-state index contributed by atoms with van der Waals surface area (Å²) in [5, 5.41) is 15.4. The van der Waals surface area contributed by atoms with Gasteiger partial charge in [0.05, 0.1) is 17.1 Å². The first-order valence-corrected chi connectivity index (χ1v) is 8.43. The first-order chi connectivity index (χ1) is 11.6. The fraction of sp³-hybridized carbons (Fsp3) is 0.333. The summed E-state index contributed by atoms with van der Waals surface area (Å²) < 4.78 is 6.03. The molecule has 1 saturated heterocycles. The molecule has 3 atom stereocenters. The minimum absolute atomic E-state index is 0.105. The van der Waals surface area contributed by atoms with Gasteiger partial charge in [-0.2, -0.15) is 0 Å². The highest BCUT2D eigenvalue weighted by atomic mass is 35.5. The first kappa shape index (κ1) is 15.4. The van der Waals surface area contributed by atoms with Crippen molar-refractivity contribution < 1.29 is 9.66 Å². The Hall–Kier alpha value is -2.11. The fourth-order valence-corrected chi connectivity index (χ4v) is 3.90. The Morgan fingerprint density at radius 1 is 1.21 bits per heavy atom. The Bertz CT molecular complexity index is 778. The van der Waals surface area contributed by atoms with E-state index in [4.69, 9.17) is 16.3 Å². The molecule has 0 spiro atoms. The first-order valence-electron chi connectivity index (χ1n) is 8.05. The fourth-order valence-electron chi connectivity index (χ4n) is 3.77. The zero-order chi connectivity index (χ0) is 16.7. The molecule has 2 aliphatic rings. The largest absolute Gasteiger partial charge is 0.378 e. The molecule has 0 saturated carbocycles. The van der Waals surface area contributed by atoms with Crippen molar-refractivity contribution in [1.82, 2.24) is 0 Å². The third-order valence-corrected chi connectivity index (χ3v) is 5.14. The van der Waals surface area contributed by atoms with Gasteiger partial charge in [-0.1, -0.05) is 23.7 Å². The Morgan fingerprint density at radius 2 is 2.00 bits per heavy atom. The van der Waals surface area contributed by atoms with Crippen molar-refractivity contribution in [3.63, 3.8) is 0 Å². The highest BCUT2D eigenvalue weighted by Gasteiger charge is 2.40. The molecule has 4 rings (SSSR count). The number of nitrogens with zero attached hydrogens (tertiary/aromatic N) is 1. The van der Waals surface area contributed by atoms with Gasteiger partial charge in [0.25, 0.3) is 5.69 Å². The number of benzene rings is 2. The number of nitro benzene ring substituents is 1. The number of nitrogens with one attached hydrogen (secondary N) is 1. The van der Waals surface area contributed by atoms with Crippen LogP contribution in [0.2, 0.25) is 5.02 Å². The minimum Gasteiger partial charge on any atom is -0.378 e. The van der Waals surface area contributed by atoms with Gasteiger partial charge in [-0.3, -0.25) is 10.1 Å². The second-order valence-electron chi connectivity index (χ2n) is 6.30. The van der Waals surface area contributed by atoms with Gasteiger partial charge in [-0.05, 0) is 36.6 Å². The van der Waals surface area contributed by atoms with Gasteiger partial charge in [-0.15, -0.1) is 0 Å². The summed E-state index contributed by atoms with van der Waals surface area (Å²) in [5.41, 5.74) is 3.06. The SMILES string of the molecule is O=[N+]([O-])c1ccc2c(c1)[C@@H]1OCCC[C@@H]1[C@H](c1ccc(Cl)cc1)N2. The van der Waals surface area contributed by atoms with Crippen LogP contribution in [0.5, 0.6) is 0 Å². The maximum atomic E-state index is 11.1. The molecule has 2 aromatic carbocycles. The van der Waals surface area contributed by atoms with Gasteiger partial charge < -0.3 is 10.1 Å². The molecule has 0 bridgehead atoms. The van der Waals surface area contributed by atoms with Crippen molar-refractivity contribution in [2.75, 3.05) is 11.9 Å². The summed E-state index contributed by atoms with van der Waals surface area (Å²) in [7, 11) is 0. The summed E-state index contributed by atoms with van der Waals surface area (Å²) in [4.78, 5) is 10.7. The van der Waals surface area contributed by atoms with Crippen LogP contribution in [0.3, 0.4) is 0 Å². The van der Waals surface area contributed by atoms with Crippen LogP contribution in [0.15, 0.2) is 42.5 Å². The Balaban J connectivity index is 1.77. The molecule has 2 aliphatic heterocycles. The molecular weight excluding hydrogens is 328 g/mol. The molecule has 2 heterocycles. The molecule has 1 N–H and O–H groups in total. The standard InChI is InChI=1S/C18H17ClN2O3/c19-12-5-3-11(4-6-12)17-14-2-1-9-24-18(14)15-10-13(21(22)23)7-8-16(15)20-17/h3-8,10,14,17-18,20H,1-2,9H2/t14-,17+,18-/m1/s1. The van der Waals surface area contributed by atoms with Gasteiger partial charge in [0.15, 0.2) is 0 Å². The Morgan fingerprint density at radius 3 is 2.75 bits per heavy atom. The van der Waals surface area contributed by atoms with Gasteiger partial charge in [0.1, 0.15) is 0 Å². The summed E-state index contributed by atoms with van der Waals surface area (Å²) in [6.07, 6.45) is 1.90. The maximum absolute atomic E-state index is 11.1. The van der Waals surface area contributed by atoms with E-state index in [0.29, 0.717) is 11.6 Å². The number of hydrogen-bond donors (Lipinski definition) is 1. The van der Waals surface area contributed by atoms with Crippen LogP contribution in [0.1, 0.15) is 36.1 Å². The minimum atomic E-state index is -0.358. The predicted molar refractivity (Wildman–Crippen MR) is 92.3 cm³/mol. The van der Waals surface area contributed by atoms with E-state index in [1.165, 1.54) is 6.07 Å². The molecule has 0 unspecified atom stereocenters. The summed E-state index contributed by atoms with van der Waals surface area (Å²) in [6.45, 7) is 0.691. The third-order valence-electron chi connectivity index (χ3n) is 4.89. The second kappa shape index (κ2) is 6.07. The molecule has 0 aromatic heterocycles. The van der Waals surface area contributed by atoms with Gasteiger partial charge in [-0.25, -0.2) is 0 Å². The van der Waals surface area contributed by atoms with E-state index in [-0.39, 0.29) is 28.7 Å². The molecular formula is C18H17ClN2O3. The molecule has 6 heteroatoms. The lowest BCUT2D eigenvalue weighted by Gasteiger charge is -2.43. The van der Waals surface area contributed by atoms with Crippen molar-refractivity contribution in [3.8, 4) is 0 Å². The van der Waals surface area contributed by atoms with E-state index in [9.17, 15) is 10.1 Å². The number of halogens is 1. The van der Waals surface area contributed by atoms with E-state index < -0.39 is 0 Å². The molecule has 1 fully saturated rings. The lowest BCUT2D eigenvalue weighted by molar-refractivity contribution is -0.385. The Kier molecular flexibility index (Phi) is 3.90. The molecule has 24 heavy (non-hydrogen) atoms. The second-order valence-corrected chi connectivity index (χ2v) is 6.74. The highest BCUT2D eigenvalue weighted by Crippen LogP contribution is 2.49. The van der Waals surface area contributed by atoms with Crippen LogP contribution in [0, 0.1) is 16.0 Å². The smallest absolute Gasteiger partial charge is 0.269 e. The maximum Gasteiger partial charge on any atom is 0.269 e. The normalized spacial score (nSPS) is 25.3. The van der Waals surface area contributed by atoms with Crippen molar-refractivity contribution in [2.45, 2.75) is 25.0 Å². The van der Waals surface area contributed by atoms with Gasteiger partial charge in [0, 0.05) is 40.9 Å². The molecule has 0 amide bonds. The number of nitro groups is 1. The lowest BCUT2D eigenvalue weighted by atomic mass is 9.77. The van der Waals surface area contributed by atoms with Crippen LogP contribution in [0.4, 0.5) is 11.4 Å². The zero-order valence-electron chi connectivity index (χ0n) is 12.9. The van der Waals surface area contributed by atoms with Crippen LogP contribution >= 0.6 is 11.6 Å². The molecule has 2 aromatic rings. The van der Waals surface area contributed by atoms with Crippen LogP contribution in [-0.2, 0) is 4.74 Å². The van der Waals surface area contributed by atoms with E-state index in [0.717, 1.165) is 29.7 Å². The summed E-state index contributed by atoms with van der Waals surface area (Å²) >= 11 is 6.01. The number of rotatable bonds is 2. The Labute approximate surface area is 144 Å². The van der Waals surface area contributed by atoms with Crippen LogP contribution in [0.25, 0.3) is 0 Å². The number of hydrogen-bond acceptors (Lipinski definition) is 4. The molecule has 124 valence electrons. The van der Waals surface area contributed by atoms with Crippen molar-refractivity contribution in [3.05, 3.63) is 68.7 Å². The number of ether oxygens (including phenoxy) is 1. The van der Waals surface area contributed by atoms with Crippen molar-refractivity contribution in [2.24, 2.45) is 5.92 Å². The average molecular weight is 345 g/mol. The van der Waals surface area contributed by atoms with Gasteiger partial charge >= 0.3 is 0 Å². The zero-order valence-corrected chi connectivity index (χ0v) is 13.7. The molecule has 0 aliphatic carbocycles. The van der Waals surface area contributed by atoms with Crippen molar-refractivity contribution in [1.29, 1.82) is 0 Å². The monoisotopic (exact) mass is 344 g/mol. The van der Waals surface area contributed by atoms with Gasteiger partial charge in [0.2, 0.25) is 0 Å². The average Bonchev–Trinajstić information content (AvgIpc) is 2.61. The van der Waals surface area contributed by atoms with Crippen molar-refractivity contribution >= 4 is 23.0 Å². The van der Waals surface area contributed by atoms with E-state index in [2.05, 4.69) is 5.32 Å². The number of anilines is 1. The summed E-state index contributed by atoms with van der Waals surface area (Å²) in [5.74, 6) is 0.245. The summed E-state index contributed by atoms with van der Waals surface area (Å²) in [6, 6.07) is 12.9. The van der Waals surface area contributed by atoms with E-state index in [1.54, 1.807) is 12.1 Å². The quantitative estimate of drug-likeness (QED) is 0.622. The highest BCUT2D eigenvalue weighted by molar-refractivity contribution is 6.30. The topological polar surface area (TPSA) is 64.4 Å². The van der Waals surface area contributed by atoms with Crippen LogP contribution < -0.4 is 5.32 Å². The van der Waals surface area contributed by atoms with E-state index >= 15 is 0 Å². The van der Waals surface area contributed by atoms with Crippen LogP contribution in [-0.4, -0.2) is 11.5 Å². The number of non-ortho nitro benzene ring substituents is 1. The molecule has 0 radical (unpaired) electrons. The predicted octanol–water partition coefficient (Wildman–Crippen LogP) is 4.88. The third kappa shape index (κ3) is 2.64. The lowest BCUT2D eigenvalue weighted by Crippen LogP contribution is -2.36. The number of fused-ring (bicyclic) bond motifs is 3.